The van der Waals surface area contributed by atoms with E-state index in [2.05, 4.69) is 19.9 Å². The summed E-state index contributed by atoms with van der Waals surface area (Å²) in [5.41, 5.74) is -2.21. The van der Waals surface area contributed by atoms with Crippen molar-refractivity contribution >= 4 is 11.6 Å². The predicted octanol–water partition coefficient (Wildman–Crippen LogP) is 2.06. The van der Waals surface area contributed by atoms with E-state index >= 15 is 0 Å². The van der Waals surface area contributed by atoms with E-state index in [0.717, 1.165) is 18.4 Å². The molecule has 2 heterocycles. The number of carbonyl (C=O) groups excluding carboxylic acids is 2. The van der Waals surface area contributed by atoms with Crippen molar-refractivity contribution in [1.82, 2.24) is 0 Å². The summed E-state index contributed by atoms with van der Waals surface area (Å²) in [6, 6.07) is 0. The second-order valence-electron chi connectivity index (χ2n) is 17.3. The molecular formula is C35H52O10. The third-order valence-corrected chi connectivity index (χ3v) is 14.5. The molecule has 0 amide bonds. The number of epoxide rings is 1. The molecule has 45 heavy (non-hydrogen) atoms. The van der Waals surface area contributed by atoms with E-state index < -0.39 is 70.7 Å². The van der Waals surface area contributed by atoms with E-state index in [0.29, 0.717) is 19.3 Å². The molecule has 2 spiro atoms. The van der Waals surface area contributed by atoms with Gasteiger partial charge in [0.15, 0.2) is 17.9 Å². The van der Waals surface area contributed by atoms with Gasteiger partial charge >= 0.3 is 0 Å². The number of aliphatic hydroxyl groups excluding tert-OH is 5. The summed E-state index contributed by atoms with van der Waals surface area (Å²) in [7, 11) is 0. The number of ketones is 2. The highest BCUT2D eigenvalue weighted by atomic mass is 16.7. The topological polar surface area (TPSA) is 166 Å². The zero-order valence-electron chi connectivity index (χ0n) is 27.7. The van der Waals surface area contributed by atoms with E-state index in [1.807, 2.05) is 34.6 Å². The average molecular weight is 633 g/mol. The van der Waals surface area contributed by atoms with Crippen LogP contribution in [0, 0.1) is 44.8 Å². The smallest absolute Gasteiger partial charge is 0.186 e. The van der Waals surface area contributed by atoms with Crippen molar-refractivity contribution in [3.63, 3.8) is 0 Å². The number of hydrogen-bond donors (Lipinski definition) is 5. The predicted molar refractivity (Wildman–Crippen MR) is 160 cm³/mol. The molecule has 0 bridgehead atoms. The number of aliphatic hydroxyl groups is 5. The van der Waals surface area contributed by atoms with E-state index in [1.165, 1.54) is 0 Å². The van der Waals surface area contributed by atoms with Gasteiger partial charge in [-0.3, -0.25) is 9.59 Å². The Hall–Kier alpha value is -1.24. The average Bonchev–Trinajstić information content (AvgIpc) is 3.82. The Morgan fingerprint density at radius 1 is 1.07 bits per heavy atom. The van der Waals surface area contributed by atoms with Gasteiger partial charge in [0.1, 0.15) is 30.5 Å². The molecule has 4 saturated carbocycles. The summed E-state index contributed by atoms with van der Waals surface area (Å²) in [5.74, 6) is -0.982. The number of rotatable bonds is 6. The molecule has 0 radical (unpaired) electrons. The molecule has 10 heteroatoms. The van der Waals surface area contributed by atoms with Gasteiger partial charge in [-0.2, -0.15) is 0 Å². The molecule has 10 nitrogen and oxygen atoms in total. The van der Waals surface area contributed by atoms with Crippen LogP contribution in [0.3, 0.4) is 0 Å². The number of allylic oxidation sites excluding steroid dienone is 1. The van der Waals surface area contributed by atoms with Gasteiger partial charge in [-0.05, 0) is 74.0 Å². The van der Waals surface area contributed by atoms with Crippen molar-refractivity contribution in [2.24, 2.45) is 44.8 Å². The third-order valence-electron chi connectivity index (χ3n) is 14.5. The van der Waals surface area contributed by atoms with Crippen LogP contribution in [-0.2, 0) is 23.8 Å². The number of carbonyl (C=O) groups is 2. The van der Waals surface area contributed by atoms with Crippen molar-refractivity contribution in [3.8, 4) is 0 Å². The van der Waals surface area contributed by atoms with Crippen LogP contribution in [0.1, 0.15) is 87.0 Å². The fourth-order valence-corrected chi connectivity index (χ4v) is 11.9. The Kier molecular flexibility index (Phi) is 6.95. The van der Waals surface area contributed by atoms with Gasteiger partial charge in [-0.1, -0.05) is 46.3 Å². The van der Waals surface area contributed by atoms with Gasteiger partial charge in [-0.15, -0.1) is 0 Å². The number of ether oxygens (including phenoxy) is 3. The Labute approximate surface area is 265 Å². The first-order chi connectivity index (χ1) is 20.8. The van der Waals surface area contributed by atoms with E-state index in [9.17, 15) is 35.1 Å². The van der Waals surface area contributed by atoms with Crippen LogP contribution < -0.4 is 0 Å². The summed E-state index contributed by atoms with van der Waals surface area (Å²) < 4.78 is 17.5. The van der Waals surface area contributed by atoms with Gasteiger partial charge in [0.05, 0.1) is 24.4 Å². The fraction of sp³-hybridized carbons (Fsp3) is 0.886. The highest BCUT2D eigenvalue weighted by Crippen LogP contribution is 2.87. The lowest BCUT2D eigenvalue weighted by atomic mass is 9.44. The standard InChI is InChI=1S/C35H52O10/c1-16(12-17(36)28-31(4,5)45-28)23-25(40)27(42)33(7)20-9-8-19-30(2,3)22(44-29-26(41)24(39)18(37)14-43-29)10-11-34(19)15-35(20,34)21(38)13-32(23,33)6/h9,16,18-19,21-24,26-29,37-39,41-42H,8,10-15H2,1-7H3/t16-,18-,19+,21+,22+,23+,24+,26-,27?,28+,29+,32-,33-,34-,35+/m1/s1. The monoisotopic (exact) mass is 632 g/mol. The normalized spacial score (nSPS) is 54.6. The Morgan fingerprint density at radius 2 is 1.73 bits per heavy atom. The SMILES string of the molecule is C[C@H](CC(=O)[C@@H]1OC1(C)C)[C@H]1C(=O)C(O)[C@@]2(C)C3=CC[C@H]4C(C)(C)[C@@H](O[C@@H]5OC[C@@H](O)[C@H](O)[C@H]5O)CC[C@@]45C[C@@]35[C@@H](O)C[C@]12C. The van der Waals surface area contributed by atoms with Crippen molar-refractivity contribution in [2.75, 3.05) is 6.61 Å². The molecule has 0 aromatic heterocycles. The van der Waals surface area contributed by atoms with Gasteiger partial charge in [0.25, 0.3) is 0 Å². The summed E-state index contributed by atoms with van der Waals surface area (Å²) >= 11 is 0. The molecule has 2 saturated heterocycles. The molecule has 0 aromatic rings. The maximum absolute atomic E-state index is 14.0. The van der Waals surface area contributed by atoms with Crippen LogP contribution in [0.2, 0.25) is 0 Å². The van der Waals surface area contributed by atoms with Crippen molar-refractivity contribution in [1.29, 1.82) is 0 Å². The maximum Gasteiger partial charge on any atom is 0.186 e. The molecule has 15 atom stereocenters. The molecule has 1 unspecified atom stereocenters. The molecule has 2 aliphatic heterocycles. The Balaban J connectivity index is 1.18. The molecule has 7 aliphatic rings. The fourth-order valence-electron chi connectivity index (χ4n) is 11.9. The van der Waals surface area contributed by atoms with Gasteiger partial charge in [0.2, 0.25) is 0 Å². The first-order valence-electron chi connectivity index (χ1n) is 16.9. The van der Waals surface area contributed by atoms with Crippen LogP contribution in [0.25, 0.3) is 0 Å². The van der Waals surface area contributed by atoms with Gasteiger partial charge in [-0.25, -0.2) is 0 Å². The van der Waals surface area contributed by atoms with Gasteiger partial charge < -0.3 is 39.7 Å². The van der Waals surface area contributed by atoms with E-state index in [-0.39, 0.29) is 53.4 Å². The molecular weight excluding hydrogens is 580 g/mol. The summed E-state index contributed by atoms with van der Waals surface area (Å²) in [4.78, 5) is 27.1. The van der Waals surface area contributed by atoms with Crippen LogP contribution in [0.5, 0.6) is 0 Å². The molecule has 6 fully saturated rings. The Morgan fingerprint density at radius 3 is 2.38 bits per heavy atom. The second-order valence-corrected chi connectivity index (χ2v) is 17.3. The molecule has 0 aromatic carbocycles. The molecule has 7 rings (SSSR count). The van der Waals surface area contributed by atoms with Crippen LogP contribution in [0.4, 0.5) is 0 Å². The van der Waals surface area contributed by atoms with Crippen molar-refractivity contribution < 1.29 is 49.3 Å². The van der Waals surface area contributed by atoms with E-state index in [1.54, 1.807) is 0 Å². The molecule has 252 valence electrons. The third kappa shape index (κ3) is 3.91. The summed E-state index contributed by atoms with van der Waals surface area (Å²) in [6.45, 7) is 13.9. The maximum atomic E-state index is 14.0. The first kappa shape index (κ1) is 32.3. The quantitative estimate of drug-likeness (QED) is 0.216. The van der Waals surface area contributed by atoms with E-state index in [4.69, 9.17) is 14.2 Å². The highest BCUT2D eigenvalue weighted by molar-refractivity contribution is 5.93. The number of Topliss-reactive ketones (excluding diaryl/α,β-unsaturated/α-hetero) is 2. The lowest BCUT2D eigenvalue weighted by Crippen LogP contribution is -2.60. The lowest BCUT2D eigenvalue weighted by Gasteiger charge is -2.61. The lowest BCUT2D eigenvalue weighted by molar-refractivity contribution is -0.301. The second kappa shape index (κ2) is 9.68. The Bertz CT molecular complexity index is 1330. The van der Waals surface area contributed by atoms with Crippen molar-refractivity contribution in [3.05, 3.63) is 11.6 Å². The number of hydrogen-bond acceptors (Lipinski definition) is 10. The number of fused-ring (bicyclic) bond motifs is 2. The van der Waals surface area contributed by atoms with Crippen LogP contribution >= 0.6 is 0 Å². The minimum Gasteiger partial charge on any atom is -0.392 e. The molecule has 5 N–H and O–H groups in total. The summed E-state index contributed by atoms with van der Waals surface area (Å²) in [6.07, 6.45) is -1.92. The highest BCUT2D eigenvalue weighted by Gasteiger charge is 2.85. The van der Waals surface area contributed by atoms with Crippen molar-refractivity contribution in [2.45, 2.75) is 142 Å². The van der Waals surface area contributed by atoms with Crippen LogP contribution in [0.15, 0.2) is 11.6 Å². The van der Waals surface area contributed by atoms with Crippen LogP contribution in [-0.4, -0.2) is 98.3 Å². The minimum absolute atomic E-state index is 0.0151. The summed E-state index contributed by atoms with van der Waals surface area (Å²) in [5, 5.41) is 54.7. The first-order valence-corrected chi connectivity index (χ1v) is 16.9. The minimum atomic E-state index is -1.36. The molecule has 5 aliphatic carbocycles. The zero-order chi connectivity index (χ0) is 32.9. The van der Waals surface area contributed by atoms with Gasteiger partial charge in [0, 0.05) is 23.2 Å². The largest absolute Gasteiger partial charge is 0.392 e. The zero-order valence-corrected chi connectivity index (χ0v) is 27.7.